The number of rotatable bonds is 6. The molecule has 90 valence electrons. The third-order valence-electron chi connectivity index (χ3n) is 2.51. The van der Waals surface area contributed by atoms with E-state index in [1.54, 1.807) is 0 Å². The molecular weight excluding hydrogens is 218 g/mol. The summed E-state index contributed by atoms with van der Waals surface area (Å²) < 4.78 is 5.60. The van der Waals surface area contributed by atoms with Gasteiger partial charge >= 0.3 is 0 Å². The summed E-state index contributed by atoms with van der Waals surface area (Å²) in [5, 5.41) is 0. The maximum Gasteiger partial charge on any atom is 0.122 e. The van der Waals surface area contributed by atoms with Crippen molar-refractivity contribution >= 4 is 12.6 Å². The molecule has 0 radical (unpaired) electrons. The Balaban J connectivity index is 2.91. The van der Waals surface area contributed by atoms with Gasteiger partial charge in [0.2, 0.25) is 0 Å². The first-order chi connectivity index (χ1) is 7.69. The Bertz CT molecular complexity index is 326. The molecule has 2 N–H and O–H groups in total. The fourth-order valence-corrected chi connectivity index (χ4v) is 1.80. The maximum absolute atomic E-state index is 5.88. The molecule has 0 bridgehead atoms. The van der Waals surface area contributed by atoms with Crippen molar-refractivity contribution in [2.75, 3.05) is 12.4 Å². The molecule has 0 aliphatic carbocycles. The lowest BCUT2D eigenvalue weighted by molar-refractivity contribution is 0.336. The molecule has 3 heteroatoms. The molecule has 0 saturated heterocycles. The van der Waals surface area contributed by atoms with Crippen LogP contribution in [0.5, 0.6) is 5.75 Å². The first-order valence-corrected chi connectivity index (χ1v) is 6.44. The van der Waals surface area contributed by atoms with Crippen molar-refractivity contribution in [3.8, 4) is 5.75 Å². The van der Waals surface area contributed by atoms with Gasteiger partial charge in [0.1, 0.15) is 5.75 Å². The number of ether oxygens (including phenoxy) is 1. The topological polar surface area (TPSA) is 35.2 Å². The minimum atomic E-state index is 0.0745. The summed E-state index contributed by atoms with van der Waals surface area (Å²) in [5.74, 6) is 1.88. The van der Waals surface area contributed by atoms with Crippen LogP contribution in [-0.4, -0.2) is 12.4 Å². The molecule has 0 heterocycles. The number of hydrogen-bond acceptors (Lipinski definition) is 3. The molecule has 16 heavy (non-hydrogen) atoms. The largest absolute Gasteiger partial charge is 0.494 e. The highest BCUT2D eigenvalue weighted by molar-refractivity contribution is 7.80. The summed E-state index contributed by atoms with van der Waals surface area (Å²) in [5.41, 5.74) is 8.29. The van der Waals surface area contributed by atoms with Gasteiger partial charge in [-0.1, -0.05) is 12.1 Å². The summed E-state index contributed by atoms with van der Waals surface area (Å²) in [6.45, 7) is 4.70. The molecule has 0 aliphatic heterocycles. The number of thiol groups is 1. The predicted octanol–water partition coefficient (Wildman–Crippen LogP) is 2.97. The van der Waals surface area contributed by atoms with E-state index in [1.165, 1.54) is 5.56 Å². The minimum Gasteiger partial charge on any atom is -0.494 e. The van der Waals surface area contributed by atoms with Gasteiger partial charge in [-0.05, 0) is 49.6 Å². The fraction of sp³-hybridized carbons (Fsp3) is 0.538. The minimum absolute atomic E-state index is 0.0745. The van der Waals surface area contributed by atoms with Gasteiger partial charge in [-0.15, -0.1) is 0 Å². The number of hydrogen-bond donors (Lipinski definition) is 2. The summed E-state index contributed by atoms with van der Waals surface area (Å²) >= 11 is 4.24. The van der Waals surface area contributed by atoms with Crippen molar-refractivity contribution in [2.45, 2.75) is 32.7 Å². The molecule has 0 fully saturated rings. The zero-order chi connectivity index (χ0) is 12.0. The van der Waals surface area contributed by atoms with Crippen molar-refractivity contribution in [1.82, 2.24) is 0 Å². The van der Waals surface area contributed by atoms with Gasteiger partial charge in [0.25, 0.3) is 0 Å². The van der Waals surface area contributed by atoms with Crippen LogP contribution in [0.15, 0.2) is 18.2 Å². The van der Waals surface area contributed by atoms with Crippen molar-refractivity contribution in [3.05, 3.63) is 29.3 Å². The zero-order valence-electron chi connectivity index (χ0n) is 10.1. The molecule has 0 amide bonds. The third kappa shape index (κ3) is 3.72. The summed E-state index contributed by atoms with van der Waals surface area (Å²) in [6, 6.07) is 6.29. The van der Waals surface area contributed by atoms with Crippen molar-refractivity contribution in [1.29, 1.82) is 0 Å². The average Bonchev–Trinajstić information content (AvgIpc) is 2.27. The van der Waals surface area contributed by atoms with E-state index >= 15 is 0 Å². The maximum atomic E-state index is 5.88. The van der Waals surface area contributed by atoms with Crippen LogP contribution in [0, 0.1) is 0 Å². The van der Waals surface area contributed by atoms with Crippen LogP contribution in [0.2, 0.25) is 0 Å². The first kappa shape index (κ1) is 13.4. The van der Waals surface area contributed by atoms with Gasteiger partial charge in [-0.3, -0.25) is 0 Å². The van der Waals surface area contributed by atoms with Crippen molar-refractivity contribution in [3.63, 3.8) is 0 Å². The van der Waals surface area contributed by atoms with Gasteiger partial charge in [0.05, 0.1) is 6.61 Å². The molecule has 1 rings (SSSR count). The Labute approximate surface area is 104 Å². The SMILES string of the molecule is CCOc1ccc(C(C)N)cc1CCCS. The van der Waals surface area contributed by atoms with E-state index in [9.17, 15) is 0 Å². The highest BCUT2D eigenvalue weighted by atomic mass is 32.1. The van der Waals surface area contributed by atoms with Crippen LogP contribution in [0.25, 0.3) is 0 Å². The second-order valence-corrected chi connectivity index (χ2v) is 4.36. The lowest BCUT2D eigenvalue weighted by Crippen LogP contribution is -2.06. The van der Waals surface area contributed by atoms with Gasteiger partial charge in [0, 0.05) is 6.04 Å². The van der Waals surface area contributed by atoms with E-state index in [0.717, 1.165) is 29.9 Å². The van der Waals surface area contributed by atoms with Crippen LogP contribution >= 0.6 is 12.6 Å². The summed E-state index contributed by atoms with van der Waals surface area (Å²) in [7, 11) is 0. The first-order valence-electron chi connectivity index (χ1n) is 5.81. The second kappa shape index (κ2) is 6.81. The molecule has 1 aromatic rings. The fourth-order valence-electron chi connectivity index (χ4n) is 1.64. The molecule has 0 saturated carbocycles. The Morgan fingerprint density at radius 1 is 1.44 bits per heavy atom. The highest BCUT2D eigenvalue weighted by Crippen LogP contribution is 2.24. The van der Waals surface area contributed by atoms with E-state index in [0.29, 0.717) is 6.61 Å². The second-order valence-electron chi connectivity index (χ2n) is 3.92. The highest BCUT2D eigenvalue weighted by Gasteiger charge is 2.07. The number of benzene rings is 1. The van der Waals surface area contributed by atoms with Crippen LogP contribution in [0.1, 0.15) is 37.4 Å². The number of aryl methyl sites for hydroxylation is 1. The van der Waals surface area contributed by atoms with Gasteiger partial charge in [-0.2, -0.15) is 12.6 Å². The van der Waals surface area contributed by atoms with Crippen LogP contribution < -0.4 is 10.5 Å². The van der Waals surface area contributed by atoms with E-state index in [1.807, 2.05) is 26.0 Å². The van der Waals surface area contributed by atoms with Gasteiger partial charge in [0.15, 0.2) is 0 Å². The molecular formula is C13H21NOS. The quantitative estimate of drug-likeness (QED) is 0.749. The van der Waals surface area contributed by atoms with Crippen LogP contribution in [-0.2, 0) is 6.42 Å². The van der Waals surface area contributed by atoms with E-state index in [-0.39, 0.29) is 6.04 Å². The Hall–Kier alpha value is -0.670. The summed E-state index contributed by atoms with van der Waals surface area (Å²) in [4.78, 5) is 0. The standard InChI is InChI=1S/C13H21NOS/c1-3-15-13-7-6-11(10(2)14)9-12(13)5-4-8-16/h6-7,9-10,16H,3-5,8,14H2,1-2H3. The Kier molecular flexibility index (Phi) is 5.71. The zero-order valence-corrected chi connectivity index (χ0v) is 11.0. The van der Waals surface area contributed by atoms with Crippen LogP contribution in [0.4, 0.5) is 0 Å². The third-order valence-corrected chi connectivity index (χ3v) is 2.83. The Morgan fingerprint density at radius 3 is 2.75 bits per heavy atom. The van der Waals surface area contributed by atoms with E-state index in [4.69, 9.17) is 10.5 Å². The Morgan fingerprint density at radius 2 is 2.19 bits per heavy atom. The van der Waals surface area contributed by atoms with Gasteiger partial charge in [-0.25, -0.2) is 0 Å². The van der Waals surface area contributed by atoms with Crippen molar-refractivity contribution in [2.24, 2.45) is 5.73 Å². The molecule has 0 aliphatic rings. The van der Waals surface area contributed by atoms with Crippen molar-refractivity contribution < 1.29 is 4.74 Å². The lowest BCUT2D eigenvalue weighted by Gasteiger charge is -2.13. The predicted molar refractivity (Wildman–Crippen MR) is 72.4 cm³/mol. The van der Waals surface area contributed by atoms with E-state index in [2.05, 4.69) is 18.7 Å². The summed E-state index contributed by atoms with van der Waals surface area (Å²) in [6.07, 6.45) is 2.06. The monoisotopic (exact) mass is 239 g/mol. The normalized spacial score (nSPS) is 12.5. The molecule has 0 spiro atoms. The number of nitrogens with two attached hydrogens (primary N) is 1. The molecule has 1 aromatic carbocycles. The van der Waals surface area contributed by atoms with Gasteiger partial charge < -0.3 is 10.5 Å². The van der Waals surface area contributed by atoms with Crippen LogP contribution in [0.3, 0.4) is 0 Å². The molecule has 1 unspecified atom stereocenters. The average molecular weight is 239 g/mol. The smallest absolute Gasteiger partial charge is 0.122 e. The lowest BCUT2D eigenvalue weighted by atomic mass is 10.0. The molecule has 2 nitrogen and oxygen atoms in total. The molecule has 0 aromatic heterocycles. The molecule has 1 atom stereocenters. The van der Waals surface area contributed by atoms with E-state index < -0.39 is 0 Å².